The molecule has 12 heavy (non-hydrogen) atoms. The first-order chi connectivity index (χ1) is 5.68. The minimum absolute atomic E-state index is 0.276. The minimum Gasteiger partial charge on any atom is -0.396 e. The third-order valence-electron chi connectivity index (χ3n) is 1.42. The molecule has 0 aliphatic heterocycles. The fraction of sp³-hybridized carbons (Fsp3) is 0.625. The lowest BCUT2D eigenvalue weighted by Gasteiger charge is -2.06. The number of anilines is 1. The van der Waals surface area contributed by atoms with Gasteiger partial charge in [0.1, 0.15) is 0 Å². The Morgan fingerprint density at radius 3 is 2.92 bits per heavy atom. The van der Waals surface area contributed by atoms with Gasteiger partial charge in [-0.15, -0.1) is 0 Å². The summed E-state index contributed by atoms with van der Waals surface area (Å²) in [5, 5.41) is 4.02. The van der Waals surface area contributed by atoms with Gasteiger partial charge in [-0.2, -0.15) is 5.10 Å². The van der Waals surface area contributed by atoms with E-state index in [9.17, 15) is 0 Å². The van der Waals surface area contributed by atoms with Crippen LogP contribution in [0.2, 0.25) is 0 Å². The zero-order valence-electron chi connectivity index (χ0n) is 7.53. The fourth-order valence-electron chi connectivity index (χ4n) is 0.884. The molecule has 0 amide bonds. The van der Waals surface area contributed by atoms with Crippen molar-refractivity contribution in [2.45, 2.75) is 26.5 Å². The first kappa shape index (κ1) is 9.06. The highest BCUT2D eigenvalue weighted by molar-refractivity contribution is 5.30. The lowest BCUT2D eigenvalue weighted by molar-refractivity contribution is 0.0710. The number of ether oxygens (including phenoxy) is 1. The van der Waals surface area contributed by atoms with E-state index in [4.69, 9.17) is 10.5 Å². The summed E-state index contributed by atoms with van der Waals surface area (Å²) in [5.41, 5.74) is 6.18. The van der Waals surface area contributed by atoms with Gasteiger partial charge in [-0.25, -0.2) is 0 Å². The van der Waals surface area contributed by atoms with Crippen molar-refractivity contribution in [1.82, 2.24) is 9.78 Å². The quantitative estimate of drug-likeness (QED) is 0.728. The van der Waals surface area contributed by atoms with Crippen LogP contribution in [0.5, 0.6) is 0 Å². The van der Waals surface area contributed by atoms with Gasteiger partial charge in [0.05, 0.1) is 31.1 Å². The normalized spacial score (nSPS) is 10.9. The molecule has 1 aromatic heterocycles. The molecule has 0 bridgehead atoms. The van der Waals surface area contributed by atoms with Gasteiger partial charge in [0.15, 0.2) is 0 Å². The van der Waals surface area contributed by atoms with E-state index in [-0.39, 0.29) is 6.10 Å². The Bertz CT molecular complexity index is 232. The lowest BCUT2D eigenvalue weighted by atomic mass is 10.5. The summed E-state index contributed by atoms with van der Waals surface area (Å²) < 4.78 is 7.13. The second kappa shape index (κ2) is 4.11. The molecule has 1 aromatic rings. The van der Waals surface area contributed by atoms with Crippen molar-refractivity contribution in [2.24, 2.45) is 0 Å². The molecular formula is C8H15N3O. The smallest absolute Gasteiger partial charge is 0.0719 e. The highest BCUT2D eigenvalue weighted by Gasteiger charge is 1.95. The standard InChI is InChI=1S/C8H15N3O/c1-7(2)12-4-3-11-6-8(9)5-10-11/h5-7H,3-4,9H2,1-2H3. The number of hydrogen-bond acceptors (Lipinski definition) is 3. The van der Waals surface area contributed by atoms with Gasteiger partial charge < -0.3 is 10.5 Å². The molecule has 0 unspecified atom stereocenters. The van der Waals surface area contributed by atoms with Gasteiger partial charge in [0, 0.05) is 6.20 Å². The molecule has 0 saturated carbocycles. The van der Waals surface area contributed by atoms with Crippen molar-refractivity contribution in [3.63, 3.8) is 0 Å². The SMILES string of the molecule is CC(C)OCCn1cc(N)cn1. The minimum atomic E-state index is 0.276. The van der Waals surface area contributed by atoms with E-state index < -0.39 is 0 Å². The Morgan fingerprint density at radius 2 is 2.42 bits per heavy atom. The van der Waals surface area contributed by atoms with Crippen LogP contribution in [0.15, 0.2) is 12.4 Å². The monoisotopic (exact) mass is 169 g/mol. The summed E-state index contributed by atoms with van der Waals surface area (Å²) in [6.45, 7) is 5.46. The van der Waals surface area contributed by atoms with Crippen molar-refractivity contribution in [1.29, 1.82) is 0 Å². The van der Waals surface area contributed by atoms with Gasteiger partial charge >= 0.3 is 0 Å². The fourth-order valence-corrected chi connectivity index (χ4v) is 0.884. The maximum absolute atomic E-state index is 5.49. The molecular weight excluding hydrogens is 154 g/mol. The molecule has 0 aliphatic rings. The zero-order chi connectivity index (χ0) is 8.97. The topological polar surface area (TPSA) is 53.1 Å². The average Bonchev–Trinajstić information content (AvgIpc) is 2.35. The Balaban J connectivity index is 2.24. The number of hydrogen-bond donors (Lipinski definition) is 1. The van der Waals surface area contributed by atoms with E-state index in [0.717, 1.165) is 6.54 Å². The van der Waals surface area contributed by atoms with Crippen LogP contribution in [0, 0.1) is 0 Å². The van der Waals surface area contributed by atoms with Crippen LogP contribution in [-0.2, 0) is 11.3 Å². The molecule has 1 heterocycles. The van der Waals surface area contributed by atoms with Gasteiger partial charge in [-0.3, -0.25) is 4.68 Å². The summed E-state index contributed by atoms with van der Waals surface area (Å²) in [7, 11) is 0. The average molecular weight is 169 g/mol. The predicted molar refractivity (Wildman–Crippen MR) is 47.7 cm³/mol. The Morgan fingerprint density at radius 1 is 1.67 bits per heavy atom. The van der Waals surface area contributed by atoms with Crippen LogP contribution in [0.4, 0.5) is 5.69 Å². The summed E-state index contributed by atoms with van der Waals surface area (Å²) in [6, 6.07) is 0. The highest BCUT2D eigenvalue weighted by atomic mass is 16.5. The maximum Gasteiger partial charge on any atom is 0.0719 e. The Hall–Kier alpha value is -1.03. The van der Waals surface area contributed by atoms with E-state index in [1.807, 2.05) is 13.8 Å². The van der Waals surface area contributed by atoms with Crippen molar-refractivity contribution in [3.05, 3.63) is 12.4 Å². The molecule has 0 fully saturated rings. The zero-order valence-corrected chi connectivity index (χ0v) is 7.53. The van der Waals surface area contributed by atoms with Crippen LogP contribution in [-0.4, -0.2) is 22.5 Å². The van der Waals surface area contributed by atoms with Crippen molar-refractivity contribution < 1.29 is 4.74 Å². The van der Waals surface area contributed by atoms with Gasteiger partial charge in [0.2, 0.25) is 0 Å². The summed E-state index contributed by atoms with van der Waals surface area (Å²) in [5.74, 6) is 0. The van der Waals surface area contributed by atoms with Gasteiger partial charge in [-0.1, -0.05) is 0 Å². The number of nitrogen functional groups attached to an aromatic ring is 1. The Labute approximate surface area is 72.3 Å². The molecule has 0 aliphatic carbocycles. The lowest BCUT2D eigenvalue weighted by Crippen LogP contribution is -2.10. The first-order valence-electron chi connectivity index (χ1n) is 4.08. The summed E-state index contributed by atoms with van der Waals surface area (Å²) in [6.07, 6.45) is 3.71. The molecule has 0 saturated heterocycles. The van der Waals surface area contributed by atoms with Gasteiger partial charge in [0.25, 0.3) is 0 Å². The second-order valence-electron chi connectivity index (χ2n) is 2.96. The van der Waals surface area contributed by atoms with Crippen LogP contribution < -0.4 is 5.73 Å². The molecule has 4 nitrogen and oxygen atoms in total. The number of nitrogens with two attached hydrogens (primary N) is 1. The van der Waals surface area contributed by atoms with E-state index in [1.165, 1.54) is 0 Å². The second-order valence-corrected chi connectivity index (χ2v) is 2.96. The number of rotatable bonds is 4. The van der Waals surface area contributed by atoms with E-state index in [0.29, 0.717) is 12.3 Å². The molecule has 0 aromatic carbocycles. The van der Waals surface area contributed by atoms with Crippen molar-refractivity contribution >= 4 is 5.69 Å². The molecule has 0 atom stereocenters. The van der Waals surface area contributed by atoms with Crippen LogP contribution in [0.1, 0.15) is 13.8 Å². The molecule has 2 N–H and O–H groups in total. The third-order valence-corrected chi connectivity index (χ3v) is 1.42. The predicted octanol–water partition coefficient (Wildman–Crippen LogP) is 0.890. The Kier molecular flexibility index (Phi) is 3.10. The molecule has 68 valence electrons. The maximum atomic E-state index is 5.49. The molecule has 4 heteroatoms. The van der Waals surface area contributed by atoms with Crippen LogP contribution in [0.3, 0.4) is 0 Å². The largest absolute Gasteiger partial charge is 0.396 e. The van der Waals surface area contributed by atoms with Crippen LogP contribution in [0.25, 0.3) is 0 Å². The van der Waals surface area contributed by atoms with E-state index >= 15 is 0 Å². The third kappa shape index (κ3) is 2.92. The van der Waals surface area contributed by atoms with Gasteiger partial charge in [-0.05, 0) is 13.8 Å². The summed E-state index contributed by atoms with van der Waals surface area (Å²) >= 11 is 0. The molecule has 0 spiro atoms. The van der Waals surface area contributed by atoms with E-state index in [1.54, 1.807) is 17.1 Å². The first-order valence-corrected chi connectivity index (χ1v) is 4.08. The van der Waals surface area contributed by atoms with Crippen LogP contribution >= 0.6 is 0 Å². The van der Waals surface area contributed by atoms with E-state index in [2.05, 4.69) is 5.10 Å². The highest BCUT2D eigenvalue weighted by Crippen LogP contribution is 1.97. The number of nitrogens with zero attached hydrogens (tertiary/aromatic N) is 2. The summed E-state index contributed by atoms with van der Waals surface area (Å²) in [4.78, 5) is 0. The molecule has 1 rings (SSSR count). The molecule has 0 radical (unpaired) electrons. The van der Waals surface area contributed by atoms with Crippen molar-refractivity contribution in [3.8, 4) is 0 Å². The number of aromatic nitrogens is 2. The van der Waals surface area contributed by atoms with Crippen molar-refractivity contribution in [2.75, 3.05) is 12.3 Å².